The van der Waals surface area contributed by atoms with Crippen LogP contribution in [0.4, 0.5) is 8.78 Å². The van der Waals surface area contributed by atoms with E-state index in [1.54, 1.807) is 0 Å². The van der Waals surface area contributed by atoms with E-state index in [9.17, 15) is 49.2 Å². The molecule has 17 heteroatoms. The van der Waals surface area contributed by atoms with Gasteiger partial charge >= 0.3 is 11.8 Å². The molecule has 0 rings (SSSR count). The molecule has 0 aliphatic carbocycles. The maximum atomic E-state index is 13.2. The molecule has 0 heterocycles. The molecule has 0 fully saturated rings. The standard InChI is InChI=1S/C5H5ClF2N4O10/c6-3(21-1-4(7,9(13)14)10(15)16)22-2-5(8,11(17)18)12(19)20/h3H,1-2H2. The molecule has 0 aliphatic rings. The van der Waals surface area contributed by atoms with Gasteiger partial charge in [0.25, 0.3) is 0 Å². The van der Waals surface area contributed by atoms with Gasteiger partial charge in [-0.05, 0) is 0 Å². The van der Waals surface area contributed by atoms with Crippen molar-refractivity contribution in [3.05, 3.63) is 40.5 Å². The summed E-state index contributed by atoms with van der Waals surface area (Å²) in [5, 5.41) is 40.6. The minimum atomic E-state index is -4.31. The fourth-order valence-corrected chi connectivity index (χ4v) is 0.861. The molecule has 0 spiro atoms. The van der Waals surface area contributed by atoms with Crippen molar-refractivity contribution in [2.75, 3.05) is 13.2 Å². The van der Waals surface area contributed by atoms with E-state index < -0.39 is 50.5 Å². The van der Waals surface area contributed by atoms with Gasteiger partial charge < -0.3 is 9.47 Å². The maximum absolute atomic E-state index is 13.2. The lowest BCUT2D eigenvalue weighted by atomic mass is 10.5. The van der Waals surface area contributed by atoms with E-state index in [1.807, 2.05) is 0 Å². The predicted molar refractivity (Wildman–Crippen MR) is 57.2 cm³/mol. The Labute approximate surface area is 122 Å². The summed E-state index contributed by atoms with van der Waals surface area (Å²) in [6, 6.07) is 0. The fraction of sp³-hybridized carbons (Fsp3) is 1.00. The van der Waals surface area contributed by atoms with Crippen LogP contribution in [0.15, 0.2) is 0 Å². The van der Waals surface area contributed by atoms with E-state index in [0.29, 0.717) is 0 Å². The first-order chi connectivity index (χ1) is 9.87. The Bertz CT molecular complexity index is 420. The minimum Gasteiger partial charge on any atom is -0.320 e. The Balaban J connectivity index is 4.68. The van der Waals surface area contributed by atoms with Crippen LogP contribution in [-0.4, -0.2) is 50.5 Å². The summed E-state index contributed by atoms with van der Waals surface area (Å²) in [7, 11) is 0. The molecule has 0 aromatic heterocycles. The molecule has 0 radical (unpaired) electrons. The zero-order chi connectivity index (χ0) is 17.7. The first kappa shape index (κ1) is 19.7. The molecule has 14 nitrogen and oxygen atoms in total. The van der Waals surface area contributed by atoms with Gasteiger partial charge in [0.15, 0.2) is 0 Å². The van der Waals surface area contributed by atoms with Crippen molar-refractivity contribution in [3.8, 4) is 0 Å². The van der Waals surface area contributed by atoms with Gasteiger partial charge in [-0.1, -0.05) is 20.4 Å². The SMILES string of the molecule is O=[N+]([O-])C(F)(COC(Cl)OCC(F)([N+](=O)[O-])[N+](=O)[O-])[N+](=O)[O-]. The summed E-state index contributed by atoms with van der Waals surface area (Å²) in [6.07, 6.45) is 0. The van der Waals surface area contributed by atoms with Crippen LogP contribution in [0.2, 0.25) is 0 Å². The van der Waals surface area contributed by atoms with Crippen molar-refractivity contribution in [2.24, 2.45) is 0 Å². The third kappa shape index (κ3) is 4.33. The Morgan fingerprint density at radius 1 is 0.818 bits per heavy atom. The largest absolute Gasteiger partial charge is 0.637 e. The summed E-state index contributed by atoms with van der Waals surface area (Å²) >= 11 is 5.04. The summed E-state index contributed by atoms with van der Waals surface area (Å²) in [6.45, 7) is -3.81. The van der Waals surface area contributed by atoms with Crippen LogP contribution in [0.1, 0.15) is 0 Å². The topological polar surface area (TPSA) is 191 Å². The molecule has 0 aromatic rings. The molecule has 0 saturated heterocycles. The number of hydrogen-bond acceptors (Lipinski definition) is 10. The van der Waals surface area contributed by atoms with Crippen LogP contribution in [0.5, 0.6) is 0 Å². The molecule has 0 amide bonds. The second-order valence-electron chi connectivity index (χ2n) is 3.36. The molecule has 126 valence electrons. The third-order valence-corrected chi connectivity index (χ3v) is 2.17. The van der Waals surface area contributed by atoms with Crippen LogP contribution >= 0.6 is 11.6 Å². The summed E-state index contributed by atoms with van der Waals surface area (Å²) in [4.78, 5) is 32.8. The molecule has 0 saturated carbocycles. The summed E-state index contributed by atoms with van der Waals surface area (Å²) in [5.74, 6) is -11.0. The average molecular weight is 355 g/mol. The number of halogens is 3. The Morgan fingerprint density at radius 2 is 1.05 bits per heavy atom. The molecule has 22 heavy (non-hydrogen) atoms. The number of nitro groups is 4. The first-order valence-electron chi connectivity index (χ1n) is 4.71. The van der Waals surface area contributed by atoms with Gasteiger partial charge in [0.05, 0.1) is 0 Å². The lowest BCUT2D eigenvalue weighted by Crippen LogP contribution is -2.48. The van der Waals surface area contributed by atoms with Crippen molar-refractivity contribution >= 4 is 11.6 Å². The zero-order valence-corrected chi connectivity index (χ0v) is 10.8. The highest BCUT2D eigenvalue weighted by Crippen LogP contribution is 2.18. The van der Waals surface area contributed by atoms with E-state index in [-0.39, 0.29) is 0 Å². The lowest BCUT2D eigenvalue weighted by molar-refractivity contribution is -0.835. The number of alkyl halides is 3. The fourth-order valence-electron chi connectivity index (χ4n) is 0.735. The highest BCUT2D eigenvalue weighted by atomic mass is 35.5. The van der Waals surface area contributed by atoms with Crippen molar-refractivity contribution < 1.29 is 37.9 Å². The minimum absolute atomic E-state index is 1.91. The summed E-state index contributed by atoms with van der Waals surface area (Å²) < 4.78 is 34.3. The number of hydrogen-bond donors (Lipinski definition) is 0. The van der Waals surface area contributed by atoms with Gasteiger partial charge in [0.2, 0.25) is 19.0 Å². The Kier molecular flexibility index (Phi) is 6.34. The van der Waals surface area contributed by atoms with E-state index in [0.717, 1.165) is 0 Å². The van der Waals surface area contributed by atoms with Crippen molar-refractivity contribution in [1.82, 2.24) is 0 Å². The van der Waals surface area contributed by atoms with Gasteiger partial charge in [-0.15, -0.1) is 0 Å². The van der Waals surface area contributed by atoms with E-state index in [1.165, 1.54) is 0 Å². The number of rotatable bonds is 10. The maximum Gasteiger partial charge on any atom is 0.637 e. The molecule has 0 N–H and O–H groups in total. The zero-order valence-electron chi connectivity index (χ0n) is 10.00. The van der Waals surface area contributed by atoms with Gasteiger partial charge in [-0.2, -0.15) is 0 Å². The van der Waals surface area contributed by atoms with E-state index >= 15 is 0 Å². The van der Waals surface area contributed by atoms with Crippen molar-refractivity contribution in [1.29, 1.82) is 0 Å². The molecule has 0 atom stereocenters. The lowest BCUT2D eigenvalue weighted by Gasteiger charge is -2.14. The van der Waals surface area contributed by atoms with Crippen LogP contribution in [0.25, 0.3) is 0 Å². The molecule has 0 unspecified atom stereocenters. The molecular formula is C5H5ClF2N4O10. The van der Waals surface area contributed by atoms with Gasteiger partial charge in [-0.25, -0.2) is 0 Å². The van der Waals surface area contributed by atoms with E-state index in [4.69, 9.17) is 11.6 Å². The normalized spacial score (nSPS) is 12.2. The second kappa shape index (κ2) is 7.09. The molecular weight excluding hydrogens is 350 g/mol. The van der Waals surface area contributed by atoms with Gasteiger partial charge in [-0.3, -0.25) is 40.5 Å². The van der Waals surface area contributed by atoms with Crippen molar-refractivity contribution in [3.63, 3.8) is 0 Å². The highest BCUT2D eigenvalue weighted by molar-refractivity contribution is 6.18. The highest BCUT2D eigenvalue weighted by Gasteiger charge is 2.60. The predicted octanol–water partition coefficient (Wildman–Crippen LogP) is -0.105. The monoisotopic (exact) mass is 354 g/mol. The average Bonchev–Trinajstić information content (AvgIpc) is 2.40. The number of nitrogens with zero attached hydrogens (tertiary/aromatic N) is 4. The Morgan fingerprint density at radius 3 is 1.23 bits per heavy atom. The second-order valence-corrected chi connectivity index (χ2v) is 3.72. The van der Waals surface area contributed by atoms with Gasteiger partial charge in [0.1, 0.15) is 19.7 Å². The van der Waals surface area contributed by atoms with Gasteiger partial charge in [0, 0.05) is 0 Å². The van der Waals surface area contributed by atoms with Crippen LogP contribution < -0.4 is 0 Å². The third-order valence-electron chi connectivity index (χ3n) is 1.92. The number of ether oxygens (including phenoxy) is 2. The van der Waals surface area contributed by atoms with Crippen LogP contribution in [-0.2, 0) is 9.47 Å². The molecule has 0 aromatic carbocycles. The summed E-state index contributed by atoms with van der Waals surface area (Å²) in [5.41, 5.74) is 0. The Hall–Kier alpha value is -2.33. The van der Waals surface area contributed by atoms with Crippen LogP contribution in [0, 0.1) is 40.5 Å². The van der Waals surface area contributed by atoms with Crippen molar-refractivity contribution in [2.45, 2.75) is 17.6 Å². The van der Waals surface area contributed by atoms with Crippen LogP contribution in [0.3, 0.4) is 0 Å². The quantitative estimate of drug-likeness (QED) is 0.168. The molecule has 0 bridgehead atoms. The molecule has 0 aliphatic heterocycles. The smallest absolute Gasteiger partial charge is 0.320 e. The first-order valence-corrected chi connectivity index (χ1v) is 5.14. The van der Waals surface area contributed by atoms with E-state index in [2.05, 4.69) is 9.47 Å².